The van der Waals surface area contributed by atoms with Crippen molar-refractivity contribution in [3.05, 3.63) is 35.9 Å². The van der Waals surface area contributed by atoms with Gasteiger partial charge in [-0.3, -0.25) is 9.69 Å². The molecule has 0 radical (unpaired) electrons. The van der Waals surface area contributed by atoms with Crippen molar-refractivity contribution < 1.29 is 14.7 Å². The maximum atomic E-state index is 13.4. The molecule has 3 amide bonds. The predicted molar refractivity (Wildman–Crippen MR) is 119 cm³/mol. The van der Waals surface area contributed by atoms with Crippen LogP contribution in [0.3, 0.4) is 0 Å². The molecule has 31 heavy (non-hydrogen) atoms. The molecule has 3 aliphatic rings. The number of hydrogen-bond acceptors (Lipinski definition) is 4. The van der Waals surface area contributed by atoms with Gasteiger partial charge in [0, 0.05) is 25.0 Å². The topological polar surface area (TPSA) is 90.1 Å². The number of carbonyl (C=O) groups excluding carboxylic acids is 2. The number of nitrogens with two attached hydrogens (primary N) is 1. The molecule has 0 unspecified atom stereocenters. The van der Waals surface area contributed by atoms with E-state index in [2.05, 4.69) is 43.3 Å². The third kappa shape index (κ3) is 3.94. The molecule has 1 aromatic carbocycles. The van der Waals surface area contributed by atoms with Crippen molar-refractivity contribution in [2.24, 2.45) is 5.73 Å². The van der Waals surface area contributed by atoms with Gasteiger partial charge in [-0.05, 0) is 64.6 Å². The van der Waals surface area contributed by atoms with Crippen LogP contribution in [0.4, 0.5) is 4.79 Å². The number of aliphatic hydroxyl groups is 1. The molecule has 1 heterocycles. The van der Waals surface area contributed by atoms with E-state index in [0.717, 1.165) is 44.9 Å². The van der Waals surface area contributed by atoms with Crippen LogP contribution >= 0.6 is 0 Å². The molecule has 170 valence electrons. The van der Waals surface area contributed by atoms with Gasteiger partial charge in [-0.2, -0.15) is 0 Å². The minimum absolute atomic E-state index is 0.0568. The first-order chi connectivity index (χ1) is 14.7. The molecule has 7 heteroatoms. The molecule has 2 aliphatic carbocycles. The van der Waals surface area contributed by atoms with Crippen molar-refractivity contribution >= 4 is 11.9 Å². The Bertz CT molecular complexity index is 813. The molecule has 0 bridgehead atoms. The summed E-state index contributed by atoms with van der Waals surface area (Å²) in [6, 6.07) is 10.6. The van der Waals surface area contributed by atoms with Crippen molar-refractivity contribution in [3.63, 3.8) is 0 Å². The van der Waals surface area contributed by atoms with Crippen LogP contribution in [0.15, 0.2) is 30.3 Å². The maximum absolute atomic E-state index is 13.4. The SMILES string of the molecule is CN(C)C1(c2ccccc2)CCC2(CC1)CN(CCC(N)=O)C(=O)N2CC1(O)CCC1. The fraction of sp³-hybridized carbons (Fsp3) is 0.667. The fourth-order valence-corrected chi connectivity index (χ4v) is 5.87. The van der Waals surface area contributed by atoms with E-state index >= 15 is 0 Å². The first-order valence-electron chi connectivity index (χ1n) is 11.5. The van der Waals surface area contributed by atoms with Gasteiger partial charge in [0.2, 0.25) is 5.91 Å². The van der Waals surface area contributed by atoms with Gasteiger partial charge in [0.1, 0.15) is 0 Å². The molecule has 1 aromatic rings. The number of primary amides is 1. The smallest absolute Gasteiger partial charge is 0.320 e. The summed E-state index contributed by atoms with van der Waals surface area (Å²) in [4.78, 5) is 30.7. The summed E-state index contributed by atoms with van der Waals surface area (Å²) in [5, 5.41) is 10.9. The molecule has 1 aliphatic heterocycles. The van der Waals surface area contributed by atoms with Gasteiger partial charge in [-0.25, -0.2) is 4.79 Å². The summed E-state index contributed by atoms with van der Waals surface area (Å²) < 4.78 is 0. The summed E-state index contributed by atoms with van der Waals surface area (Å²) >= 11 is 0. The normalized spacial score (nSPS) is 30.1. The summed E-state index contributed by atoms with van der Waals surface area (Å²) in [5.74, 6) is -0.391. The molecule has 3 N–H and O–H groups in total. The average Bonchev–Trinajstić information content (AvgIpc) is 2.98. The average molecular weight is 429 g/mol. The molecule has 0 atom stereocenters. The Balaban J connectivity index is 1.59. The lowest BCUT2D eigenvalue weighted by Crippen LogP contribution is -2.59. The highest BCUT2D eigenvalue weighted by molar-refractivity contribution is 5.80. The van der Waals surface area contributed by atoms with Crippen molar-refractivity contribution in [2.45, 2.75) is 68.0 Å². The van der Waals surface area contributed by atoms with E-state index in [9.17, 15) is 14.7 Å². The minimum Gasteiger partial charge on any atom is -0.388 e. The van der Waals surface area contributed by atoms with Gasteiger partial charge >= 0.3 is 6.03 Å². The standard InChI is InChI=1S/C24H36N4O3/c1-26(2)24(19-7-4-3-5-8-19)14-12-22(13-15-24)17-27(16-9-20(25)29)21(30)28(22)18-23(31)10-6-11-23/h3-5,7-8,31H,6,9-18H2,1-2H3,(H2,25,29). The summed E-state index contributed by atoms with van der Waals surface area (Å²) in [6.07, 6.45) is 6.30. The summed E-state index contributed by atoms with van der Waals surface area (Å²) in [5.41, 5.74) is 5.54. The maximum Gasteiger partial charge on any atom is 0.320 e. The van der Waals surface area contributed by atoms with E-state index in [1.54, 1.807) is 4.90 Å². The quantitative estimate of drug-likeness (QED) is 0.697. The number of rotatable bonds is 7. The molecular formula is C24H36N4O3. The Labute approximate surface area is 185 Å². The number of β-amino-alcohol motifs (C(OH)–C–C–N with tert-alkyl or cyclic N) is 1. The second kappa shape index (κ2) is 8.10. The van der Waals surface area contributed by atoms with Gasteiger partial charge in [-0.1, -0.05) is 30.3 Å². The fourth-order valence-electron chi connectivity index (χ4n) is 5.87. The molecule has 7 nitrogen and oxygen atoms in total. The zero-order chi connectivity index (χ0) is 22.3. The highest BCUT2D eigenvalue weighted by Gasteiger charge is 2.56. The molecule has 2 saturated carbocycles. The van der Waals surface area contributed by atoms with Gasteiger partial charge in [0.15, 0.2) is 0 Å². The Kier molecular flexibility index (Phi) is 5.77. The Morgan fingerprint density at radius 2 is 1.74 bits per heavy atom. The largest absolute Gasteiger partial charge is 0.388 e. The molecular weight excluding hydrogens is 392 g/mol. The molecule has 3 fully saturated rings. The van der Waals surface area contributed by atoms with Crippen LogP contribution in [-0.2, 0) is 10.3 Å². The van der Waals surface area contributed by atoms with Gasteiger partial charge in [0.25, 0.3) is 0 Å². The number of nitrogens with zero attached hydrogens (tertiary/aromatic N) is 3. The van der Waals surface area contributed by atoms with Crippen LogP contribution in [-0.4, -0.2) is 76.6 Å². The number of hydrogen-bond donors (Lipinski definition) is 2. The number of carbonyl (C=O) groups is 2. The van der Waals surface area contributed by atoms with Crippen LogP contribution < -0.4 is 5.73 Å². The van der Waals surface area contributed by atoms with E-state index in [0.29, 0.717) is 19.6 Å². The molecule has 1 spiro atoms. The number of urea groups is 1. The van der Waals surface area contributed by atoms with Crippen molar-refractivity contribution in [1.29, 1.82) is 0 Å². The monoisotopic (exact) mass is 428 g/mol. The minimum atomic E-state index is -0.766. The molecule has 4 rings (SSSR count). The molecule has 1 saturated heterocycles. The highest BCUT2D eigenvalue weighted by Crippen LogP contribution is 2.50. The number of amides is 3. The lowest BCUT2D eigenvalue weighted by molar-refractivity contribution is -0.118. The zero-order valence-electron chi connectivity index (χ0n) is 18.8. The van der Waals surface area contributed by atoms with Crippen molar-refractivity contribution in [3.8, 4) is 0 Å². The van der Waals surface area contributed by atoms with Crippen molar-refractivity contribution in [1.82, 2.24) is 14.7 Å². The number of benzene rings is 1. The summed E-state index contributed by atoms with van der Waals surface area (Å²) in [6.45, 7) is 1.34. The lowest BCUT2D eigenvalue weighted by atomic mass is 9.67. The van der Waals surface area contributed by atoms with Crippen molar-refractivity contribution in [2.75, 3.05) is 33.7 Å². The van der Waals surface area contributed by atoms with E-state index < -0.39 is 11.5 Å². The van der Waals surface area contributed by atoms with E-state index in [1.807, 2.05) is 11.0 Å². The molecule has 0 aromatic heterocycles. The first-order valence-corrected chi connectivity index (χ1v) is 11.5. The first kappa shape index (κ1) is 22.1. The van der Waals surface area contributed by atoms with Crippen LogP contribution in [0.25, 0.3) is 0 Å². The second-order valence-electron chi connectivity index (χ2n) is 10.1. The van der Waals surface area contributed by atoms with E-state index in [1.165, 1.54) is 5.56 Å². The third-order valence-corrected chi connectivity index (χ3v) is 8.10. The Hall–Kier alpha value is -2.12. The second-order valence-corrected chi connectivity index (χ2v) is 10.1. The van der Waals surface area contributed by atoms with Crippen LogP contribution in [0.2, 0.25) is 0 Å². The van der Waals surface area contributed by atoms with Crippen LogP contribution in [0.5, 0.6) is 0 Å². The Morgan fingerprint density at radius 3 is 2.26 bits per heavy atom. The van der Waals surface area contributed by atoms with Gasteiger partial charge in [0.05, 0.1) is 17.7 Å². The zero-order valence-corrected chi connectivity index (χ0v) is 18.8. The van der Waals surface area contributed by atoms with Crippen LogP contribution in [0, 0.1) is 0 Å². The van der Waals surface area contributed by atoms with E-state index in [-0.39, 0.29) is 23.5 Å². The Morgan fingerprint density at radius 1 is 1.10 bits per heavy atom. The lowest BCUT2D eigenvalue weighted by Gasteiger charge is -2.52. The highest BCUT2D eigenvalue weighted by atomic mass is 16.3. The third-order valence-electron chi connectivity index (χ3n) is 8.10. The van der Waals surface area contributed by atoms with Crippen LogP contribution in [0.1, 0.15) is 56.9 Å². The van der Waals surface area contributed by atoms with E-state index in [4.69, 9.17) is 5.73 Å². The predicted octanol–water partition coefficient (Wildman–Crippen LogP) is 2.28. The van der Waals surface area contributed by atoms with Gasteiger partial charge in [-0.15, -0.1) is 0 Å². The van der Waals surface area contributed by atoms with Gasteiger partial charge < -0.3 is 20.6 Å². The summed E-state index contributed by atoms with van der Waals surface area (Å²) in [7, 11) is 4.28.